The number of hydrogen-bond acceptors (Lipinski definition) is 6. The number of carboxylic acids is 1. The Morgan fingerprint density at radius 2 is 1.49 bits per heavy atom. The summed E-state index contributed by atoms with van der Waals surface area (Å²) >= 11 is 0. The van der Waals surface area contributed by atoms with Crippen molar-refractivity contribution >= 4 is 29.1 Å². The fraction of sp³-hybridized carbons (Fsp3) is 0.364. The Labute approximate surface area is 276 Å². The topological polar surface area (TPSA) is 145 Å². The third-order valence-electron chi connectivity index (χ3n) is 7.99. The zero-order valence-electron chi connectivity index (χ0n) is 25.8. The third kappa shape index (κ3) is 10.2. The lowest BCUT2D eigenvalue weighted by atomic mass is 9.84. The minimum Gasteiger partial charge on any atom is -0.479 e. The second-order valence-corrected chi connectivity index (χ2v) is 11.6. The number of amides is 1. The first kappa shape index (κ1) is 36.8. The predicted octanol–water partition coefficient (Wildman–Crippen LogP) is 6.96. The fourth-order valence-electron chi connectivity index (χ4n) is 5.47. The van der Waals surface area contributed by atoms with Crippen LogP contribution in [0.2, 0.25) is 0 Å². The van der Waals surface area contributed by atoms with Crippen molar-refractivity contribution < 1.29 is 51.1 Å². The van der Waals surface area contributed by atoms with Gasteiger partial charge >= 0.3 is 18.3 Å². The molecular weight excluding hydrogens is 662 g/mol. The van der Waals surface area contributed by atoms with Gasteiger partial charge in [-0.2, -0.15) is 26.3 Å². The van der Waals surface area contributed by atoms with E-state index in [1.54, 1.807) is 12.1 Å². The fourth-order valence-corrected chi connectivity index (χ4v) is 5.47. The number of nitrogens with zero attached hydrogens (tertiary/aromatic N) is 3. The Morgan fingerprint density at radius 3 is 2.00 bits per heavy atom. The van der Waals surface area contributed by atoms with Crippen LogP contribution in [0.3, 0.4) is 0 Å². The summed E-state index contributed by atoms with van der Waals surface area (Å²) in [7, 11) is 0. The molecule has 1 fully saturated rings. The molecule has 1 aliphatic carbocycles. The van der Waals surface area contributed by atoms with Crippen LogP contribution < -0.4 is 10.2 Å². The number of carboxylic acid groups (broad SMARTS) is 1. The van der Waals surface area contributed by atoms with Crippen LogP contribution in [-0.2, 0) is 23.7 Å². The van der Waals surface area contributed by atoms with Gasteiger partial charge in [0.05, 0.1) is 23.4 Å². The summed E-state index contributed by atoms with van der Waals surface area (Å²) in [6.45, 7) is -1.82. The number of aliphatic hydroxyl groups is 1. The molecule has 1 amide bonds. The maximum absolute atomic E-state index is 13.6. The van der Waals surface area contributed by atoms with Gasteiger partial charge in [-0.25, -0.2) is 9.79 Å². The summed E-state index contributed by atoms with van der Waals surface area (Å²) in [6, 6.07) is 13.3. The van der Waals surface area contributed by atoms with Gasteiger partial charge in [-0.1, -0.05) is 43.5 Å². The summed E-state index contributed by atoms with van der Waals surface area (Å²) in [6.07, 6.45) is -6.96. The van der Waals surface area contributed by atoms with Crippen LogP contribution in [0.25, 0.3) is 0 Å². The molecule has 1 aliphatic rings. The maximum atomic E-state index is 13.6. The van der Waals surface area contributed by atoms with Crippen LogP contribution in [0.1, 0.15) is 70.6 Å². The number of anilines is 1. The molecule has 0 saturated heterocycles. The molecule has 3 aromatic carbocycles. The quantitative estimate of drug-likeness (QED) is 0.0647. The smallest absolute Gasteiger partial charge is 0.416 e. The molecule has 0 bridgehead atoms. The van der Waals surface area contributed by atoms with E-state index in [1.165, 1.54) is 29.2 Å². The zero-order chi connectivity index (χ0) is 35.9. The summed E-state index contributed by atoms with van der Waals surface area (Å²) in [4.78, 5) is 39.6. The Bertz CT molecular complexity index is 1640. The van der Waals surface area contributed by atoms with Gasteiger partial charge in [-0.3, -0.25) is 14.9 Å². The van der Waals surface area contributed by atoms with Crippen LogP contribution in [-0.4, -0.2) is 52.0 Å². The number of amidine groups is 1. The lowest BCUT2D eigenvalue weighted by Crippen LogP contribution is -2.36. The van der Waals surface area contributed by atoms with Crippen molar-refractivity contribution in [2.45, 2.75) is 63.0 Å². The number of carbonyl (C=O) groups excluding carboxylic acids is 1. The number of alkyl halides is 6. The highest BCUT2D eigenvalue weighted by Gasteiger charge is 2.37. The molecule has 262 valence electrons. The molecule has 0 aromatic heterocycles. The molecular formula is C33H32F6N4O6. The number of aliphatic imine (C=N–C) groups is 1. The minimum atomic E-state index is -5.16. The molecule has 0 spiro atoms. The first-order chi connectivity index (χ1) is 23.0. The van der Waals surface area contributed by atoms with Crippen LogP contribution in [0.5, 0.6) is 0 Å². The number of rotatable bonds is 11. The van der Waals surface area contributed by atoms with Gasteiger partial charge in [0.15, 0.2) is 11.9 Å². The summed E-state index contributed by atoms with van der Waals surface area (Å²) in [5, 5.41) is 32.3. The zero-order valence-corrected chi connectivity index (χ0v) is 25.8. The minimum absolute atomic E-state index is 0.0615. The van der Waals surface area contributed by atoms with Crippen LogP contribution in [0.4, 0.5) is 37.7 Å². The first-order valence-electron chi connectivity index (χ1n) is 15.2. The molecule has 0 heterocycles. The SMILES string of the molecule is O=C(NC[C@@H](O)C(=O)O)c1ccc(CN(C(C[N+](=O)[O-])=Nc2cc(C(F)(F)F)cc(C(F)(F)F)c2)c2ccc(C3CCCCC3)cc2)cc1. The van der Waals surface area contributed by atoms with E-state index < -0.39 is 71.0 Å². The number of aliphatic hydroxyl groups excluding tert-OH is 1. The van der Waals surface area contributed by atoms with E-state index in [1.807, 2.05) is 12.1 Å². The average molecular weight is 695 g/mol. The van der Waals surface area contributed by atoms with Gasteiger partial charge in [0.2, 0.25) is 0 Å². The van der Waals surface area contributed by atoms with Crippen LogP contribution in [0, 0.1) is 10.1 Å². The Balaban J connectivity index is 1.76. The second-order valence-electron chi connectivity index (χ2n) is 11.6. The van der Waals surface area contributed by atoms with E-state index >= 15 is 0 Å². The molecule has 3 aromatic rings. The van der Waals surface area contributed by atoms with E-state index in [9.17, 15) is 51.2 Å². The lowest BCUT2D eigenvalue weighted by Gasteiger charge is -2.27. The standard InChI is InChI=1S/C33H32F6N4O6/c34-32(35,36)24-14-25(33(37,38)39)16-26(15-24)41-29(19-43(48)49)42(27-12-10-22(11-13-27)21-4-2-1-3-5-21)18-20-6-8-23(9-7-20)30(45)40-17-28(44)31(46)47/h6-16,21,28,44H,1-5,17-19H2,(H,40,45)(H,46,47)/t28-/m1/s1. The van der Waals surface area contributed by atoms with E-state index in [0.717, 1.165) is 37.7 Å². The number of hydrogen-bond donors (Lipinski definition) is 3. The predicted molar refractivity (Wildman–Crippen MR) is 166 cm³/mol. The summed E-state index contributed by atoms with van der Waals surface area (Å²) < 4.78 is 81.6. The Hall–Kier alpha value is -4.99. The summed E-state index contributed by atoms with van der Waals surface area (Å²) in [5.74, 6) is -2.39. The number of nitrogens with one attached hydrogen (secondary N) is 1. The number of halogens is 6. The molecule has 3 N–H and O–H groups in total. The average Bonchev–Trinajstić information content (AvgIpc) is 3.05. The van der Waals surface area contributed by atoms with Crippen molar-refractivity contribution in [1.29, 1.82) is 0 Å². The van der Waals surface area contributed by atoms with Crippen molar-refractivity contribution in [2.24, 2.45) is 4.99 Å². The highest BCUT2D eigenvalue weighted by atomic mass is 19.4. The molecule has 0 unspecified atom stereocenters. The Kier molecular flexibility index (Phi) is 11.6. The van der Waals surface area contributed by atoms with E-state index in [0.29, 0.717) is 29.3 Å². The van der Waals surface area contributed by atoms with Crippen LogP contribution >= 0.6 is 0 Å². The van der Waals surface area contributed by atoms with Crippen molar-refractivity contribution in [3.05, 3.63) is 105 Å². The number of benzene rings is 3. The van der Waals surface area contributed by atoms with E-state index in [-0.39, 0.29) is 18.2 Å². The van der Waals surface area contributed by atoms with Gasteiger partial charge in [0, 0.05) is 22.7 Å². The molecule has 4 rings (SSSR count). The van der Waals surface area contributed by atoms with Crippen LogP contribution in [0.15, 0.2) is 71.7 Å². The van der Waals surface area contributed by atoms with Gasteiger partial charge in [-0.05, 0) is 72.4 Å². The maximum Gasteiger partial charge on any atom is 0.416 e. The molecule has 10 nitrogen and oxygen atoms in total. The summed E-state index contributed by atoms with van der Waals surface area (Å²) in [5.41, 5.74) is -2.20. The number of aliphatic carboxylic acids is 1. The van der Waals surface area contributed by atoms with Crippen molar-refractivity contribution in [3.8, 4) is 0 Å². The Morgan fingerprint density at radius 1 is 0.918 bits per heavy atom. The lowest BCUT2D eigenvalue weighted by molar-refractivity contribution is -0.463. The highest BCUT2D eigenvalue weighted by Crippen LogP contribution is 2.39. The van der Waals surface area contributed by atoms with E-state index in [2.05, 4.69) is 10.3 Å². The van der Waals surface area contributed by atoms with Gasteiger partial charge in [-0.15, -0.1) is 0 Å². The van der Waals surface area contributed by atoms with E-state index in [4.69, 9.17) is 5.11 Å². The monoisotopic (exact) mass is 694 g/mol. The largest absolute Gasteiger partial charge is 0.479 e. The molecule has 49 heavy (non-hydrogen) atoms. The first-order valence-corrected chi connectivity index (χ1v) is 15.2. The highest BCUT2D eigenvalue weighted by molar-refractivity contribution is 6.00. The second kappa shape index (κ2) is 15.5. The van der Waals surface area contributed by atoms with Gasteiger partial charge in [0.1, 0.15) is 0 Å². The number of carbonyl (C=O) groups is 2. The van der Waals surface area contributed by atoms with Crippen molar-refractivity contribution in [2.75, 3.05) is 18.0 Å². The molecule has 1 atom stereocenters. The van der Waals surface area contributed by atoms with Gasteiger partial charge in [0.25, 0.3) is 12.5 Å². The molecule has 16 heteroatoms. The number of nitro groups is 1. The molecule has 0 aliphatic heterocycles. The normalized spacial score (nSPS) is 15.0. The van der Waals surface area contributed by atoms with Crippen molar-refractivity contribution in [1.82, 2.24) is 5.32 Å². The third-order valence-corrected chi connectivity index (χ3v) is 7.99. The van der Waals surface area contributed by atoms with Gasteiger partial charge < -0.3 is 20.4 Å². The van der Waals surface area contributed by atoms with Crippen molar-refractivity contribution in [3.63, 3.8) is 0 Å². The molecule has 1 saturated carbocycles. The molecule has 0 radical (unpaired) electrons.